The summed E-state index contributed by atoms with van der Waals surface area (Å²) in [7, 11) is 0. The summed E-state index contributed by atoms with van der Waals surface area (Å²) in [5, 5.41) is 10.5. The van der Waals surface area contributed by atoms with Gasteiger partial charge in [-0.15, -0.1) is 0 Å². The molecule has 0 aliphatic rings. The van der Waals surface area contributed by atoms with Crippen molar-refractivity contribution in [3.05, 3.63) is 33.9 Å². The summed E-state index contributed by atoms with van der Waals surface area (Å²) in [6.45, 7) is 0. The fraction of sp³-hybridized carbons (Fsp3) is 0. The maximum atomic E-state index is 8.74. The lowest BCUT2D eigenvalue weighted by Crippen LogP contribution is -1.72. The first kappa shape index (κ1) is 8.43. The number of fused-ring (bicyclic) bond motifs is 1. The molecule has 1 heterocycles. The highest BCUT2D eigenvalue weighted by atomic mass is 35.5. The van der Waals surface area contributed by atoms with Crippen molar-refractivity contribution in [3.8, 4) is 6.07 Å². The predicted octanol–water partition coefficient (Wildman–Crippen LogP) is 3.35. The second kappa shape index (κ2) is 2.95. The van der Waals surface area contributed by atoms with Gasteiger partial charge in [0, 0.05) is 17.1 Å². The second-order valence-electron chi connectivity index (χ2n) is 2.63. The van der Waals surface area contributed by atoms with Crippen LogP contribution in [0.2, 0.25) is 10.0 Å². The van der Waals surface area contributed by atoms with Crippen LogP contribution in [0.5, 0.6) is 0 Å². The van der Waals surface area contributed by atoms with Crippen LogP contribution < -0.4 is 0 Å². The van der Waals surface area contributed by atoms with Crippen LogP contribution in [0.4, 0.5) is 0 Å². The molecule has 4 heteroatoms. The van der Waals surface area contributed by atoms with Gasteiger partial charge in [-0.3, -0.25) is 0 Å². The fourth-order valence-electron chi connectivity index (χ4n) is 1.21. The van der Waals surface area contributed by atoms with Gasteiger partial charge in [0.25, 0.3) is 0 Å². The van der Waals surface area contributed by atoms with Gasteiger partial charge in [0.05, 0.1) is 15.6 Å². The van der Waals surface area contributed by atoms with E-state index in [2.05, 4.69) is 11.1 Å². The van der Waals surface area contributed by atoms with E-state index in [1.54, 1.807) is 18.3 Å². The zero-order valence-corrected chi connectivity index (χ0v) is 7.95. The maximum Gasteiger partial charge on any atom is 0.101 e. The van der Waals surface area contributed by atoms with Crippen molar-refractivity contribution < 1.29 is 0 Å². The Balaban J connectivity index is 2.86. The van der Waals surface area contributed by atoms with E-state index in [0.29, 0.717) is 15.6 Å². The molecule has 0 saturated carbocycles. The van der Waals surface area contributed by atoms with Crippen LogP contribution in [0.25, 0.3) is 10.9 Å². The molecule has 0 spiro atoms. The molecule has 0 atom stereocenters. The Hall–Kier alpha value is -1.17. The molecule has 0 radical (unpaired) electrons. The molecule has 0 aliphatic heterocycles. The molecule has 64 valence electrons. The summed E-state index contributed by atoms with van der Waals surface area (Å²) in [6, 6.07) is 5.46. The summed E-state index contributed by atoms with van der Waals surface area (Å²) < 4.78 is 0. The van der Waals surface area contributed by atoms with Crippen LogP contribution >= 0.6 is 23.2 Å². The third kappa shape index (κ3) is 1.27. The van der Waals surface area contributed by atoms with Crippen molar-refractivity contribution in [3.63, 3.8) is 0 Å². The first-order valence-electron chi connectivity index (χ1n) is 3.58. The molecule has 1 aromatic heterocycles. The standard InChI is InChI=1S/C9H4Cl2N2/c10-7-1-6-5(3-12)4-13-9(6)2-8(7)11/h1-2,4,13H. The maximum absolute atomic E-state index is 8.74. The number of rotatable bonds is 0. The third-order valence-electron chi connectivity index (χ3n) is 1.84. The van der Waals surface area contributed by atoms with E-state index in [1.807, 2.05) is 0 Å². The molecule has 0 aliphatic carbocycles. The Kier molecular flexibility index (Phi) is 1.91. The van der Waals surface area contributed by atoms with Gasteiger partial charge in [-0.1, -0.05) is 23.2 Å². The van der Waals surface area contributed by atoms with Crippen molar-refractivity contribution in [2.45, 2.75) is 0 Å². The van der Waals surface area contributed by atoms with Crippen LogP contribution in [-0.4, -0.2) is 4.98 Å². The van der Waals surface area contributed by atoms with E-state index in [0.717, 1.165) is 10.9 Å². The fourth-order valence-corrected chi connectivity index (χ4v) is 1.54. The van der Waals surface area contributed by atoms with Crippen molar-refractivity contribution >= 4 is 34.1 Å². The molecule has 0 bridgehead atoms. The normalized spacial score (nSPS) is 10.2. The summed E-state index contributed by atoms with van der Waals surface area (Å²) in [5.41, 5.74) is 1.40. The lowest BCUT2D eigenvalue weighted by Gasteiger charge is -1.95. The minimum Gasteiger partial charge on any atom is -0.360 e. The largest absolute Gasteiger partial charge is 0.360 e. The third-order valence-corrected chi connectivity index (χ3v) is 2.57. The molecule has 0 unspecified atom stereocenters. The van der Waals surface area contributed by atoms with Gasteiger partial charge in [0.15, 0.2) is 0 Å². The molecule has 1 N–H and O–H groups in total. The first-order chi connectivity index (χ1) is 6.22. The Labute approximate surface area is 84.7 Å². The Morgan fingerprint density at radius 1 is 1.23 bits per heavy atom. The van der Waals surface area contributed by atoms with Crippen LogP contribution in [0.1, 0.15) is 5.56 Å². The molecule has 2 nitrogen and oxygen atoms in total. The average Bonchev–Trinajstić information content (AvgIpc) is 2.48. The van der Waals surface area contributed by atoms with E-state index >= 15 is 0 Å². The van der Waals surface area contributed by atoms with Crippen molar-refractivity contribution in [2.75, 3.05) is 0 Å². The topological polar surface area (TPSA) is 39.6 Å². The van der Waals surface area contributed by atoms with Crippen LogP contribution in [0, 0.1) is 11.3 Å². The minimum atomic E-state index is 0.463. The van der Waals surface area contributed by atoms with Crippen molar-refractivity contribution in [2.24, 2.45) is 0 Å². The summed E-state index contributed by atoms with van der Waals surface area (Å²) in [4.78, 5) is 2.94. The van der Waals surface area contributed by atoms with E-state index in [9.17, 15) is 0 Å². The lowest BCUT2D eigenvalue weighted by atomic mass is 10.2. The van der Waals surface area contributed by atoms with Gasteiger partial charge in [0.2, 0.25) is 0 Å². The number of benzene rings is 1. The van der Waals surface area contributed by atoms with Crippen LogP contribution in [0.3, 0.4) is 0 Å². The first-order valence-corrected chi connectivity index (χ1v) is 4.34. The monoisotopic (exact) mass is 210 g/mol. The molecular formula is C9H4Cl2N2. The number of aromatic nitrogens is 1. The molecule has 0 saturated heterocycles. The molecule has 0 amide bonds. The number of hydrogen-bond acceptors (Lipinski definition) is 1. The summed E-state index contributed by atoms with van der Waals surface area (Å²) >= 11 is 11.6. The highest BCUT2D eigenvalue weighted by Crippen LogP contribution is 2.28. The number of halogens is 2. The summed E-state index contributed by atoms with van der Waals surface area (Å²) in [5.74, 6) is 0. The predicted molar refractivity (Wildman–Crippen MR) is 53.0 cm³/mol. The van der Waals surface area contributed by atoms with Gasteiger partial charge in [0.1, 0.15) is 6.07 Å². The quantitative estimate of drug-likeness (QED) is 0.712. The zero-order valence-electron chi connectivity index (χ0n) is 6.44. The minimum absolute atomic E-state index is 0.463. The number of nitrogens with zero attached hydrogens (tertiary/aromatic N) is 1. The van der Waals surface area contributed by atoms with Crippen LogP contribution in [0.15, 0.2) is 18.3 Å². The molecule has 2 rings (SSSR count). The summed E-state index contributed by atoms with van der Waals surface area (Å²) in [6.07, 6.45) is 1.64. The van der Waals surface area contributed by atoms with Gasteiger partial charge >= 0.3 is 0 Å². The van der Waals surface area contributed by atoms with Gasteiger partial charge in [-0.2, -0.15) is 5.26 Å². The smallest absolute Gasteiger partial charge is 0.101 e. The molecular weight excluding hydrogens is 207 g/mol. The zero-order chi connectivity index (χ0) is 9.42. The lowest BCUT2D eigenvalue weighted by molar-refractivity contribution is 1.45. The average molecular weight is 211 g/mol. The van der Waals surface area contributed by atoms with Gasteiger partial charge < -0.3 is 4.98 Å². The van der Waals surface area contributed by atoms with E-state index in [1.165, 1.54) is 0 Å². The SMILES string of the molecule is N#Cc1c[nH]c2cc(Cl)c(Cl)cc12. The number of aromatic amines is 1. The number of nitriles is 1. The van der Waals surface area contributed by atoms with Gasteiger partial charge in [-0.05, 0) is 12.1 Å². The Morgan fingerprint density at radius 3 is 2.62 bits per heavy atom. The number of nitrogens with one attached hydrogen (secondary N) is 1. The molecule has 0 fully saturated rings. The van der Waals surface area contributed by atoms with Crippen molar-refractivity contribution in [1.29, 1.82) is 5.26 Å². The molecule has 1 aromatic carbocycles. The Morgan fingerprint density at radius 2 is 1.92 bits per heavy atom. The van der Waals surface area contributed by atoms with E-state index in [4.69, 9.17) is 28.5 Å². The van der Waals surface area contributed by atoms with Crippen molar-refractivity contribution in [1.82, 2.24) is 4.98 Å². The molecule has 2 aromatic rings. The number of hydrogen-bond donors (Lipinski definition) is 1. The highest BCUT2D eigenvalue weighted by molar-refractivity contribution is 6.42. The Bertz CT molecular complexity index is 508. The number of H-pyrrole nitrogens is 1. The molecule has 13 heavy (non-hydrogen) atoms. The van der Waals surface area contributed by atoms with Gasteiger partial charge in [-0.25, -0.2) is 0 Å². The second-order valence-corrected chi connectivity index (χ2v) is 3.44. The highest BCUT2D eigenvalue weighted by Gasteiger charge is 2.06. The van der Waals surface area contributed by atoms with Crippen LogP contribution in [-0.2, 0) is 0 Å². The van der Waals surface area contributed by atoms with E-state index in [-0.39, 0.29) is 0 Å². The van der Waals surface area contributed by atoms with E-state index < -0.39 is 0 Å².